The molecule has 0 spiro atoms. The van der Waals surface area contributed by atoms with Crippen LogP contribution in [0.1, 0.15) is 46.3 Å². The largest absolute Gasteiger partial charge is 0.457 e. The van der Waals surface area contributed by atoms with Crippen LogP contribution in [0.5, 0.6) is 0 Å². The van der Waals surface area contributed by atoms with Gasteiger partial charge in [0.05, 0.1) is 25.9 Å². The van der Waals surface area contributed by atoms with Crippen molar-refractivity contribution in [2.24, 2.45) is 5.92 Å². The molecule has 0 aliphatic carbocycles. The van der Waals surface area contributed by atoms with Gasteiger partial charge < -0.3 is 23.7 Å². The summed E-state index contributed by atoms with van der Waals surface area (Å²) in [6.45, 7) is 4.40. The molecule has 1 aromatic heterocycles. The number of carbonyl (C=O) groups is 3. The second-order valence-corrected chi connectivity index (χ2v) is 11.8. The van der Waals surface area contributed by atoms with Crippen LogP contribution in [0.15, 0.2) is 95.4 Å². The lowest BCUT2D eigenvalue weighted by atomic mass is 9.98. The van der Waals surface area contributed by atoms with Gasteiger partial charge in [-0.25, -0.2) is 9.69 Å². The van der Waals surface area contributed by atoms with E-state index >= 15 is 0 Å². The summed E-state index contributed by atoms with van der Waals surface area (Å²) < 4.78 is 23.0. The van der Waals surface area contributed by atoms with E-state index < -0.39 is 35.8 Å². The number of benzene rings is 3. The first kappa shape index (κ1) is 33.8. The molecule has 47 heavy (non-hydrogen) atoms. The van der Waals surface area contributed by atoms with Gasteiger partial charge in [0.1, 0.15) is 24.4 Å². The lowest BCUT2D eigenvalue weighted by molar-refractivity contribution is -0.131. The zero-order chi connectivity index (χ0) is 33.2. The average molecular weight is 640 g/mol. The van der Waals surface area contributed by atoms with Gasteiger partial charge in [0.25, 0.3) is 0 Å². The third kappa shape index (κ3) is 8.83. The van der Waals surface area contributed by atoms with Crippen LogP contribution in [0.2, 0.25) is 0 Å². The Kier molecular flexibility index (Phi) is 11.7. The van der Waals surface area contributed by atoms with Gasteiger partial charge in [0, 0.05) is 18.6 Å². The van der Waals surface area contributed by atoms with Crippen molar-refractivity contribution in [3.63, 3.8) is 0 Å². The Bertz CT molecular complexity index is 1630. The molecule has 246 valence electrons. The number of aliphatic hydroxyl groups is 1. The lowest BCUT2D eigenvalue weighted by Crippen LogP contribution is -2.44. The van der Waals surface area contributed by atoms with Crippen molar-refractivity contribution in [2.75, 3.05) is 26.4 Å². The van der Waals surface area contributed by atoms with Gasteiger partial charge in [0.2, 0.25) is 11.7 Å². The number of ether oxygens (including phenoxy) is 3. The Hall–Kier alpha value is -4.57. The number of cyclic esters (lactones) is 1. The van der Waals surface area contributed by atoms with Crippen molar-refractivity contribution in [1.29, 1.82) is 0 Å². The number of carbonyl (C=O) groups excluding carboxylic acids is 3. The number of amides is 2. The van der Waals surface area contributed by atoms with E-state index in [2.05, 4.69) is 0 Å². The van der Waals surface area contributed by atoms with E-state index in [0.717, 1.165) is 32.7 Å². The maximum Gasteiger partial charge on any atom is 0.417 e. The zero-order valence-electron chi connectivity index (χ0n) is 26.8. The maximum absolute atomic E-state index is 13.7. The summed E-state index contributed by atoms with van der Waals surface area (Å²) in [5.41, 5.74) is 4.68. The summed E-state index contributed by atoms with van der Waals surface area (Å²) in [6, 6.07) is 28.3. The Morgan fingerprint density at radius 2 is 1.70 bits per heavy atom. The molecule has 3 atom stereocenters. The van der Waals surface area contributed by atoms with Gasteiger partial charge in [-0.05, 0) is 49.4 Å². The van der Waals surface area contributed by atoms with Crippen LogP contribution in [0.25, 0.3) is 11.1 Å². The number of hydrogen-bond acceptors (Lipinski definition) is 8. The minimum atomic E-state index is -1.15. The highest BCUT2D eigenvalue weighted by Crippen LogP contribution is 2.31. The van der Waals surface area contributed by atoms with Crippen LogP contribution < -0.4 is 0 Å². The Balaban J connectivity index is 1.23. The molecule has 9 nitrogen and oxygen atoms in total. The lowest BCUT2D eigenvalue weighted by Gasteiger charge is -2.22. The fraction of sp³-hybridized carbons (Fsp3) is 0.342. The van der Waals surface area contributed by atoms with Gasteiger partial charge in [-0.1, -0.05) is 90.5 Å². The first-order valence-electron chi connectivity index (χ1n) is 16.0. The Morgan fingerprint density at radius 3 is 2.40 bits per heavy atom. The number of furan rings is 1. The number of nitrogens with zero attached hydrogens (tertiary/aromatic N) is 1. The molecule has 1 aliphatic heterocycles. The summed E-state index contributed by atoms with van der Waals surface area (Å²) in [4.78, 5) is 40.9. The number of hydrogen-bond donors (Lipinski definition) is 1. The van der Waals surface area contributed by atoms with Crippen LogP contribution in [-0.2, 0) is 38.5 Å². The van der Waals surface area contributed by atoms with Gasteiger partial charge >= 0.3 is 6.09 Å². The number of rotatable bonds is 16. The number of ketones is 1. The monoisotopic (exact) mass is 639 g/mol. The summed E-state index contributed by atoms with van der Waals surface area (Å²) in [7, 11) is 0. The van der Waals surface area contributed by atoms with Crippen molar-refractivity contribution < 1.29 is 38.1 Å². The van der Waals surface area contributed by atoms with Crippen molar-refractivity contribution in [3.8, 4) is 11.1 Å². The minimum absolute atomic E-state index is 0.0557. The van der Waals surface area contributed by atoms with E-state index in [1.807, 2.05) is 91.9 Å². The molecule has 3 aromatic carbocycles. The van der Waals surface area contributed by atoms with Crippen molar-refractivity contribution in [2.45, 2.75) is 51.9 Å². The minimum Gasteiger partial charge on any atom is -0.457 e. The van der Waals surface area contributed by atoms with Crippen LogP contribution in [0, 0.1) is 12.8 Å². The van der Waals surface area contributed by atoms with E-state index in [4.69, 9.17) is 18.6 Å². The average Bonchev–Trinajstić information content (AvgIpc) is 3.69. The molecular weight excluding hydrogens is 598 g/mol. The quantitative estimate of drug-likeness (QED) is 0.0877. The highest BCUT2D eigenvalue weighted by atomic mass is 16.6. The molecule has 3 unspecified atom stereocenters. The first-order chi connectivity index (χ1) is 22.8. The molecule has 4 aromatic rings. The van der Waals surface area contributed by atoms with E-state index in [1.54, 1.807) is 6.07 Å². The molecule has 2 heterocycles. The Morgan fingerprint density at radius 1 is 0.979 bits per heavy atom. The van der Waals surface area contributed by atoms with Gasteiger partial charge in [-0.3, -0.25) is 9.59 Å². The number of aryl methyl sites for hydroxylation is 2. The molecule has 2 amide bonds. The van der Waals surface area contributed by atoms with Gasteiger partial charge in [0.15, 0.2) is 5.76 Å². The predicted molar refractivity (Wildman–Crippen MR) is 176 cm³/mol. The van der Waals surface area contributed by atoms with Crippen molar-refractivity contribution in [1.82, 2.24) is 4.90 Å². The van der Waals surface area contributed by atoms with E-state index in [1.165, 1.54) is 6.92 Å². The maximum atomic E-state index is 13.7. The fourth-order valence-corrected chi connectivity index (χ4v) is 5.59. The summed E-state index contributed by atoms with van der Waals surface area (Å²) in [5.74, 6) is -1.62. The molecular formula is C38H41NO8. The Labute approximate surface area is 275 Å². The second kappa shape index (κ2) is 16.3. The first-order valence-corrected chi connectivity index (χ1v) is 16.0. The fourth-order valence-electron chi connectivity index (χ4n) is 5.59. The highest BCUT2D eigenvalue weighted by Gasteiger charge is 2.42. The van der Waals surface area contributed by atoms with E-state index in [0.29, 0.717) is 38.2 Å². The van der Waals surface area contributed by atoms with Crippen LogP contribution in [-0.4, -0.2) is 66.4 Å². The second-order valence-electron chi connectivity index (χ2n) is 11.8. The molecule has 1 N–H and O–H groups in total. The van der Waals surface area contributed by atoms with Crippen LogP contribution >= 0.6 is 0 Å². The number of aliphatic hydroxyl groups excluding tert-OH is 1. The third-order valence-electron chi connectivity index (χ3n) is 8.19. The van der Waals surface area contributed by atoms with Crippen molar-refractivity contribution >= 4 is 17.8 Å². The molecule has 5 rings (SSSR count). The van der Waals surface area contributed by atoms with E-state index in [9.17, 15) is 19.5 Å². The normalized spacial score (nSPS) is 15.8. The molecule has 0 bridgehead atoms. The van der Waals surface area contributed by atoms with Crippen LogP contribution in [0.3, 0.4) is 0 Å². The summed E-state index contributed by atoms with van der Waals surface area (Å²) in [6.07, 6.45) is 0.300. The molecule has 0 saturated carbocycles. The van der Waals surface area contributed by atoms with E-state index in [-0.39, 0.29) is 25.6 Å². The molecule has 1 aliphatic rings. The summed E-state index contributed by atoms with van der Waals surface area (Å²) >= 11 is 0. The van der Waals surface area contributed by atoms with Gasteiger partial charge in [-0.15, -0.1) is 0 Å². The zero-order valence-corrected chi connectivity index (χ0v) is 26.8. The molecule has 9 heteroatoms. The standard InChI is InChI=1S/C38H41NO8/c1-26-11-9-16-30(19-26)33-21-35(47-34(33)17-10-18-44-25-32(22-40)45-23-29-14-7-4-8-15-29)36(41)27(2)37(42)39-31(24-46-38(39)43)20-28-12-5-3-6-13-28/h3-9,11-16,19,21,27,31-32,40H,10,17-18,20,22-25H2,1-2H3. The number of Topliss-reactive ketones (excluding diaryl/α,β-unsaturated/α-hetero) is 1. The molecule has 1 fully saturated rings. The molecule has 1 saturated heterocycles. The predicted octanol–water partition coefficient (Wildman–Crippen LogP) is 6.19. The SMILES string of the molecule is Cc1cccc(-c2cc(C(=O)C(C)C(=O)N3C(=O)OCC3Cc3ccccc3)oc2CCCOCC(CO)OCc2ccccc2)c1. The highest BCUT2D eigenvalue weighted by molar-refractivity contribution is 6.12. The molecule has 0 radical (unpaired) electrons. The topological polar surface area (TPSA) is 116 Å². The van der Waals surface area contributed by atoms with Crippen LogP contribution in [0.4, 0.5) is 4.79 Å². The number of imide groups is 1. The third-order valence-corrected chi connectivity index (χ3v) is 8.19. The van der Waals surface area contributed by atoms with Gasteiger partial charge in [-0.2, -0.15) is 0 Å². The summed E-state index contributed by atoms with van der Waals surface area (Å²) in [5, 5.41) is 9.72. The van der Waals surface area contributed by atoms with Crippen molar-refractivity contribution in [3.05, 3.63) is 119 Å². The smallest absolute Gasteiger partial charge is 0.417 e.